The molecule has 1 saturated heterocycles. The fourth-order valence-corrected chi connectivity index (χ4v) is 3.58. The number of carbonyl (C=O) groups excluding carboxylic acids is 1. The van der Waals surface area contributed by atoms with Gasteiger partial charge in [0.1, 0.15) is 11.4 Å². The fourth-order valence-electron chi connectivity index (χ4n) is 2.63. The van der Waals surface area contributed by atoms with Crippen LogP contribution < -0.4 is 15.4 Å². The van der Waals surface area contributed by atoms with Gasteiger partial charge in [-0.15, -0.1) is 12.4 Å². The minimum atomic E-state index is -4.51. The smallest absolute Gasteiger partial charge is 0.416 e. The van der Waals surface area contributed by atoms with Crippen molar-refractivity contribution < 1.29 is 22.7 Å². The van der Waals surface area contributed by atoms with Crippen molar-refractivity contribution in [1.29, 1.82) is 0 Å². The SMILES string of the molecule is CC(C)(C)Oc1ccc(CNC(=O)CC2CSCCN2)c(C(F)(F)F)c1.Cl. The molecule has 4 nitrogen and oxygen atoms in total. The first-order valence-corrected chi connectivity index (χ1v) is 9.67. The lowest BCUT2D eigenvalue weighted by atomic mass is 10.1. The van der Waals surface area contributed by atoms with Crippen molar-refractivity contribution in [2.45, 2.75) is 51.6 Å². The molecule has 1 aliphatic heterocycles. The highest BCUT2D eigenvalue weighted by Gasteiger charge is 2.34. The van der Waals surface area contributed by atoms with Crippen molar-refractivity contribution in [2.24, 2.45) is 0 Å². The van der Waals surface area contributed by atoms with Crippen molar-refractivity contribution in [2.75, 3.05) is 18.1 Å². The van der Waals surface area contributed by atoms with Gasteiger partial charge in [0.15, 0.2) is 0 Å². The van der Waals surface area contributed by atoms with Gasteiger partial charge in [0, 0.05) is 37.1 Å². The summed E-state index contributed by atoms with van der Waals surface area (Å²) in [6, 6.07) is 3.92. The zero-order chi connectivity index (χ0) is 19.4. The number of ether oxygens (including phenoxy) is 1. The molecule has 1 aromatic rings. The normalized spacial score (nSPS) is 17.8. The molecular weight excluding hydrogens is 401 g/mol. The molecule has 0 bridgehead atoms. The number of rotatable bonds is 5. The van der Waals surface area contributed by atoms with Crippen molar-refractivity contribution in [3.8, 4) is 5.75 Å². The van der Waals surface area contributed by atoms with Gasteiger partial charge < -0.3 is 15.4 Å². The summed E-state index contributed by atoms with van der Waals surface area (Å²) in [5, 5.41) is 5.83. The van der Waals surface area contributed by atoms with Crippen LogP contribution in [0.2, 0.25) is 0 Å². The lowest BCUT2D eigenvalue weighted by molar-refractivity contribution is -0.138. The Morgan fingerprint density at radius 2 is 2.04 bits per heavy atom. The molecule has 2 rings (SSSR count). The van der Waals surface area contributed by atoms with Crippen LogP contribution in [0.15, 0.2) is 18.2 Å². The summed E-state index contributed by atoms with van der Waals surface area (Å²) in [5.41, 5.74) is -1.35. The van der Waals surface area contributed by atoms with Crippen LogP contribution in [0.4, 0.5) is 13.2 Å². The molecule has 0 radical (unpaired) electrons. The van der Waals surface area contributed by atoms with Crippen molar-refractivity contribution in [1.82, 2.24) is 10.6 Å². The van der Waals surface area contributed by atoms with E-state index in [0.29, 0.717) is 0 Å². The summed E-state index contributed by atoms with van der Waals surface area (Å²) in [7, 11) is 0. The van der Waals surface area contributed by atoms with Crippen LogP contribution in [-0.2, 0) is 17.5 Å². The number of nitrogens with one attached hydrogen (secondary N) is 2. The maximum Gasteiger partial charge on any atom is 0.416 e. The van der Waals surface area contributed by atoms with E-state index < -0.39 is 17.3 Å². The van der Waals surface area contributed by atoms with E-state index in [0.717, 1.165) is 24.1 Å². The molecule has 154 valence electrons. The van der Waals surface area contributed by atoms with Crippen molar-refractivity contribution in [3.63, 3.8) is 0 Å². The Balaban J connectivity index is 0.00000364. The van der Waals surface area contributed by atoms with Crippen LogP contribution in [0, 0.1) is 0 Å². The Morgan fingerprint density at radius 3 is 2.59 bits per heavy atom. The average Bonchev–Trinajstić information content (AvgIpc) is 2.52. The summed E-state index contributed by atoms with van der Waals surface area (Å²) < 4.78 is 45.7. The number of benzene rings is 1. The van der Waals surface area contributed by atoms with Gasteiger partial charge in [-0.2, -0.15) is 24.9 Å². The first kappa shape index (κ1) is 23.9. The number of amides is 1. The van der Waals surface area contributed by atoms with Gasteiger partial charge in [-0.25, -0.2) is 0 Å². The molecule has 0 spiro atoms. The van der Waals surface area contributed by atoms with Crippen LogP contribution in [0.25, 0.3) is 0 Å². The van der Waals surface area contributed by atoms with Crippen LogP contribution in [0.1, 0.15) is 38.3 Å². The number of alkyl halides is 3. The largest absolute Gasteiger partial charge is 0.488 e. The Hall–Kier alpha value is -1.12. The van der Waals surface area contributed by atoms with E-state index in [4.69, 9.17) is 4.74 Å². The summed E-state index contributed by atoms with van der Waals surface area (Å²) >= 11 is 1.77. The highest BCUT2D eigenvalue weighted by atomic mass is 35.5. The lowest BCUT2D eigenvalue weighted by Crippen LogP contribution is -2.41. The molecule has 0 saturated carbocycles. The Bertz CT molecular complexity index is 630. The monoisotopic (exact) mass is 426 g/mol. The number of hydrogen-bond donors (Lipinski definition) is 2. The quantitative estimate of drug-likeness (QED) is 0.746. The van der Waals surface area contributed by atoms with Gasteiger partial charge in [0.2, 0.25) is 5.91 Å². The van der Waals surface area contributed by atoms with E-state index in [1.165, 1.54) is 12.1 Å². The van der Waals surface area contributed by atoms with Crippen molar-refractivity contribution >= 4 is 30.1 Å². The molecule has 0 aromatic heterocycles. The molecule has 0 aliphatic carbocycles. The molecule has 9 heteroatoms. The van der Waals surface area contributed by atoms with Gasteiger partial charge in [0.05, 0.1) is 5.56 Å². The van der Waals surface area contributed by atoms with Crippen LogP contribution >= 0.6 is 24.2 Å². The van der Waals surface area contributed by atoms with Crippen LogP contribution in [-0.4, -0.2) is 35.6 Å². The first-order chi connectivity index (χ1) is 12.0. The van der Waals surface area contributed by atoms with E-state index in [2.05, 4.69) is 10.6 Å². The number of halogens is 4. The summed E-state index contributed by atoms with van der Waals surface area (Å²) in [4.78, 5) is 12.0. The maximum absolute atomic E-state index is 13.4. The molecule has 1 atom stereocenters. The van der Waals surface area contributed by atoms with E-state index >= 15 is 0 Å². The Labute approximate surface area is 168 Å². The minimum Gasteiger partial charge on any atom is -0.488 e. The van der Waals surface area contributed by atoms with Crippen LogP contribution in [0.3, 0.4) is 0 Å². The van der Waals surface area contributed by atoms with Crippen molar-refractivity contribution in [3.05, 3.63) is 29.3 Å². The second kappa shape index (κ2) is 9.89. The Kier molecular flexibility index (Phi) is 8.76. The molecule has 1 aliphatic rings. The lowest BCUT2D eigenvalue weighted by Gasteiger charge is -2.23. The molecule has 1 heterocycles. The average molecular weight is 427 g/mol. The molecule has 1 unspecified atom stereocenters. The zero-order valence-corrected chi connectivity index (χ0v) is 17.2. The number of carbonyl (C=O) groups is 1. The molecule has 1 fully saturated rings. The molecular formula is C18H26ClF3N2O2S. The summed E-state index contributed by atoms with van der Waals surface area (Å²) in [6.07, 6.45) is -4.25. The third kappa shape index (κ3) is 8.19. The highest BCUT2D eigenvalue weighted by Crippen LogP contribution is 2.35. The summed E-state index contributed by atoms with van der Waals surface area (Å²) in [6.45, 7) is 5.99. The van der Waals surface area contributed by atoms with Crippen LogP contribution in [0.5, 0.6) is 5.75 Å². The van der Waals surface area contributed by atoms with Gasteiger partial charge in [-0.3, -0.25) is 4.79 Å². The minimum absolute atomic E-state index is 0. The van der Waals surface area contributed by atoms with E-state index in [1.54, 1.807) is 32.5 Å². The third-order valence-corrected chi connectivity index (χ3v) is 4.85. The highest BCUT2D eigenvalue weighted by molar-refractivity contribution is 7.99. The molecule has 1 amide bonds. The molecule has 2 N–H and O–H groups in total. The number of thioether (sulfide) groups is 1. The predicted octanol–water partition coefficient (Wildman–Crippen LogP) is 4.02. The van der Waals surface area contributed by atoms with Gasteiger partial charge in [-0.1, -0.05) is 6.07 Å². The standard InChI is InChI=1S/C18H25F3N2O2S.ClH/c1-17(2,3)25-14-5-4-12(15(9-14)18(19,20)21)10-23-16(24)8-13-11-26-7-6-22-13;/h4-5,9,13,22H,6-8,10-11H2,1-3H3,(H,23,24);1H. The van der Waals surface area contributed by atoms with Gasteiger partial charge in [-0.05, 0) is 38.5 Å². The molecule has 27 heavy (non-hydrogen) atoms. The maximum atomic E-state index is 13.4. The second-order valence-corrected chi connectivity index (χ2v) is 8.39. The first-order valence-electron chi connectivity index (χ1n) is 8.51. The topological polar surface area (TPSA) is 50.4 Å². The Morgan fingerprint density at radius 1 is 1.33 bits per heavy atom. The second-order valence-electron chi connectivity index (χ2n) is 7.24. The number of hydrogen-bond acceptors (Lipinski definition) is 4. The van der Waals surface area contributed by atoms with E-state index in [9.17, 15) is 18.0 Å². The van der Waals surface area contributed by atoms with E-state index in [1.807, 2.05) is 0 Å². The zero-order valence-electron chi connectivity index (χ0n) is 15.6. The summed E-state index contributed by atoms with van der Waals surface area (Å²) in [5.74, 6) is 1.74. The molecule has 1 aromatic carbocycles. The third-order valence-electron chi connectivity index (χ3n) is 3.72. The van der Waals surface area contributed by atoms with E-state index in [-0.39, 0.29) is 48.6 Å². The predicted molar refractivity (Wildman–Crippen MR) is 105 cm³/mol. The fraction of sp³-hybridized carbons (Fsp3) is 0.611. The van der Waals surface area contributed by atoms with Gasteiger partial charge >= 0.3 is 6.18 Å². The van der Waals surface area contributed by atoms with Gasteiger partial charge in [0.25, 0.3) is 0 Å².